The maximum atomic E-state index is 7.30. The molecule has 1 aromatic heterocycles. The zero-order chi connectivity index (χ0) is 54.0. The van der Waals surface area contributed by atoms with Crippen LogP contribution in [0, 0.1) is 6.92 Å². The summed E-state index contributed by atoms with van der Waals surface area (Å²) < 4.78 is 9.76. The van der Waals surface area contributed by atoms with Crippen molar-refractivity contribution in [3.8, 4) is 28.3 Å². The monoisotopic (exact) mass is 1030 g/mol. The summed E-state index contributed by atoms with van der Waals surface area (Å²) in [6.07, 6.45) is 0. The number of fused-ring (bicyclic) bond motifs is 10. The molecule has 3 aliphatic rings. The number of rotatable bonds is 8. The van der Waals surface area contributed by atoms with Crippen molar-refractivity contribution in [3.05, 3.63) is 271 Å². The van der Waals surface area contributed by atoms with Gasteiger partial charge in [-0.3, -0.25) is 0 Å². The van der Waals surface area contributed by atoms with Gasteiger partial charge in [0.1, 0.15) is 11.5 Å². The molecule has 0 saturated carbocycles. The van der Waals surface area contributed by atoms with Crippen molar-refractivity contribution < 1.29 is 4.74 Å². The molecule has 0 fully saturated rings. The molecule has 0 N–H and O–H groups in total. The summed E-state index contributed by atoms with van der Waals surface area (Å²) in [6, 6.07) is 91.5. The molecule has 0 atom stereocenters. The Labute approximate surface area is 469 Å². The van der Waals surface area contributed by atoms with E-state index < -0.39 is 0 Å². The molecule has 12 aromatic rings. The molecule has 0 unspecified atom stereocenters. The Morgan fingerprint density at radius 2 is 1.00 bits per heavy atom. The van der Waals surface area contributed by atoms with Crippen LogP contribution >= 0.6 is 0 Å². The van der Waals surface area contributed by atoms with Crippen LogP contribution in [0.15, 0.2) is 249 Å². The maximum absolute atomic E-state index is 7.30. The quantitative estimate of drug-likeness (QED) is 0.142. The topological polar surface area (TPSA) is 23.9 Å². The number of benzene rings is 11. The predicted octanol–water partition coefficient (Wildman–Crippen LogP) is 18.0. The lowest BCUT2D eigenvalue weighted by Gasteiger charge is -2.41. The van der Waals surface area contributed by atoms with Crippen molar-refractivity contribution in [2.24, 2.45) is 0 Å². The van der Waals surface area contributed by atoms with E-state index in [1.807, 2.05) is 0 Å². The average Bonchev–Trinajstić information content (AvgIpc) is 3.98. The molecule has 384 valence electrons. The number of nitrogens with zero attached hydrogens (tertiary/aromatic N) is 4. The zero-order valence-electron chi connectivity index (χ0n) is 45.9. The van der Waals surface area contributed by atoms with Crippen LogP contribution < -0.4 is 35.8 Å². The molecule has 80 heavy (non-hydrogen) atoms. The summed E-state index contributed by atoms with van der Waals surface area (Å²) in [4.78, 5) is 7.24. The molecule has 0 saturated heterocycles. The van der Waals surface area contributed by atoms with Crippen LogP contribution in [0.2, 0.25) is 0 Å². The molecule has 5 nitrogen and oxygen atoms in total. The number of aryl methyl sites for hydroxylation is 1. The minimum absolute atomic E-state index is 0.0623. The van der Waals surface area contributed by atoms with Crippen molar-refractivity contribution >= 4 is 96.1 Å². The van der Waals surface area contributed by atoms with Crippen LogP contribution in [0.1, 0.15) is 56.9 Å². The normalized spacial score (nSPS) is 13.5. The summed E-state index contributed by atoms with van der Waals surface area (Å²) in [5.41, 5.74) is 24.4. The van der Waals surface area contributed by atoms with E-state index in [4.69, 9.17) is 4.74 Å². The van der Waals surface area contributed by atoms with Crippen molar-refractivity contribution in [2.75, 3.05) is 14.7 Å². The predicted molar refractivity (Wildman–Crippen MR) is 337 cm³/mol. The van der Waals surface area contributed by atoms with Crippen molar-refractivity contribution in [1.29, 1.82) is 0 Å². The highest BCUT2D eigenvalue weighted by Crippen LogP contribution is 2.53. The van der Waals surface area contributed by atoms with Gasteiger partial charge in [-0.05, 0) is 183 Å². The molecule has 2 aliphatic heterocycles. The lowest BCUT2D eigenvalue weighted by molar-refractivity contribution is 0.487. The van der Waals surface area contributed by atoms with Gasteiger partial charge >= 0.3 is 0 Å². The van der Waals surface area contributed by atoms with Gasteiger partial charge < -0.3 is 24.0 Å². The number of anilines is 9. The second-order valence-electron chi connectivity index (χ2n) is 23.5. The summed E-state index contributed by atoms with van der Waals surface area (Å²) in [7, 11) is 0. The van der Waals surface area contributed by atoms with E-state index in [1.54, 1.807) is 0 Å². The number of ether oxygens (including phenoxy) is 1. The highest BCUT2D eigenvalue weighted by Gasteiger charge is 2.45. The first-order valence-corrected chi connectivity index (χ1v) is 28.0. The molecular formula is C74H59BN4O. The van der Waals surface area contributed by atoms with Crippen molar-refractivity contribution in [3.63, 3.8) is 0 Å². The minimum atomic E-state index is -0.292. The van der Waals surface area contributed by atoms with Gasteiger partial charge in [-0.15, -0.1) is 0 Å². The molecule has 3 heterocycles. The zero-order valence-corrected chi connectivity index (χ0v) is 45.9. The fraction of sp³-hybridized carbons (Fsp3) is 0.108. The Kier molecular flexibility index (Phi) is 10.7. The van der Waals surface area contributed by atoms with Gasteiger partial charge in [0.15, 0.2) is 0 Å². The Morgan fingerprint density at radius 3 is 1.65 bits per heavy atom. The Bertz CT molecular complexity index is 4350. The third-order valence-electron chi connectivity index (χ3n) is 17.1. The molecule has 0 radical (unpaired) electrons. The van der Waals surface area contributed by atoms with Crippen LogP contribution in [-0.2, 0) is 10.8 Å². The van der Waals surface area contributed by atoms with Gasteiger partial charge in [-0.1, -0.05) is 162 Å². The molecule has 1 aliphatic carbocycles. The lowest BCUT2D eigenvalue weighted by Crippen LogP contribution is -2.59. The van der Waals surface area contributed by atoms with E-state index in [2.05, 4.69) is 310 Å². The van der Waals surface area contributed by atoms with E-state index in [-0.39, 0.29) is 17.5 Å². The smallest absolute Gasteiger partial charge is 0.256 e. The Hall–Kier alpha value is -9.52. The fourth-order valence-corrected chi connectivity index (χ4v) is 13.3. The first-order chi connectivity index (χ1) is 39.0. The van der Waals surface area contributed by atoms with E-state index in [9.17, 15) is 0 Å². The molecule has 0 spiro atoms. The van der Waals surface area contributed by atoms with E-state index >= 15 is 0 Å². The summed E-state index contributed by atoms with van der Waals surface area (Å²) in [5, 5.41) is 2.43. The van der Waals surface area contributed by atoms with E-state index in [1.165, 1.54) is 60.7 Å². The van der Waals surface area contributed by atoms with Gasteiger partial charge in [0, 0.05) is 73.1 Å². The third-order valence-corrected chi connectivity index (χ3v) is 17.1. The van der Waals surface area contributed by atoms with Gasteiger partial charge in [0.2, 0.25) is 0 Å². The van der Waals surface area contributed by atoms with Crippen LogP contribution in [0.4, 0.5) is 51.2 Å². The number of aromatic nitrogens is 1. The molecule has 0 amide bonds. The first kappa shape index (κ1) is 47.7. The second kappa shape index (κ2) is 18.0. The summed E-state index contributed by atoms with van der Waals surface area (Å²) in [6.45, 7) is 13.9. The number of hydrogen-bond acceptors (Lipinski definition) is 4. The van der Waals surface area contributed by atoms with Gasteiger partial charge in [0.25, 0.3) is 6.71 Å². The Morgan fingerprint density at radius 1 is 0.425 bits per heavy atom. The molecule has 11 aromatic carbocycles. The van der Waals surface area contributed by atoms with Gasteiger partial charge in [-0.2, -0.15) is 0 Å². The van der Waals surface area contributed by atoms with Crippen LogP contribution in [0.25, 0.3) is 38.6 Å². The minimum Gasteiger partial charge on any atom is -0.458 e. The number of para-hydroxylation sites is 5. The summed E-state index contributed by atoms with van der Waals surface area (Å²) in [5.74, 6) is 1.83. The lowest BCUT2D eigenvalue weighted by atomic mass is 9.34. The standard InChI is InChI=1S/C74H59BN4O/c1-48-40-69-72-71(41-48)80-70-46-61-58-37-35-56(76(50-22-11-7-12-23-50)51-24-13-8-14-25-51)44-62(58)74(5,6)63(61)47-65(70)75(72)64-39-34-49(73(2,3)4)42-68(64)79(69)55-31-21-30-54(43-55)78-66-33-20-19-32-59(66)60-38-36-57(45-67(60)78)77(52-26-15-9-16-27-52)53-28-17-10-18-29-53/h7-47H,1-6H3. The third kappa shape index (κ3) is 7.46. The van der Waals surface area contributed by atoms with Crippen LogP contribution in [-0.4, -0.2) is 11.3 Å². The largest absolute Gasteiger partial charge is 0.458 e. The van der Waals surface area contributed by atoms with E-state index in [0.29, 0.717) is 0 Å². The van der Waals surface area contributed by atoms with Gasteiger partial charge in [0.05, 0.1) is 11.0 Å². The van der Waals surface area contributed by atoms with Crippen molar-refractivity contribution in [2.45, 2.75) is 52.4 Å². The van der Waals surface area contributed by atoms with E-state index in [0.717, 1.165) is 79.3 Å². The maximum Gasteiger partial charge on any atom is 0.256 e. The Balaban J connectivity index is 0.884. The van der Waals surface area contributed by atoms with Crippen molar-refractivity contribution in [1.82, 2.24) is 4.57 Å². The SMILES string of the molecule is Cc1cc2c3c(c1)N(c1cccc(-n4c5ccccc5c5ccc(N(c6ccccc6)c6ccccc6)cc54)c1)c1cc(C(C)(C)C)ccc1B3c1cc3c(cc1O2)-c1ccc(N(c2ccccc2)c2ccccc2)cc1C3(C)C. The molecule has 6 heteroatoms. The van der Waals surface area contributed by atoms with Crippen LogP contribution in [0.5, 0.6) is 11.5 Å². The second-order valence-corrected chi connectivity index (χ2v) is 23.5. The molecule has 15 rings (SSSR count). The highest BCUT2D eigenvalue weighted by molar-refractivity contribution is 6.99. The van der Waals surface area contributed by atoms with Gasteiger partial charge in [-0.25, -0.2) is 0 Å². The average molecular weight is 1030 g/mol. The number of hydrogen-bond donors (Lipinski definition) is 0. The summed E-state index contributed by atoms with van der Waals surface area (Å²) >= 11 is 0. The molecular weight excluding hydrogens is 972 g/mol. The highest BCUT2D eigenvalue weighted by atomic mass is 16.5. The van der Waals surface area contributed by atoms with Crippen LogP contribution in [0.3, 0.4) is 0 Å². The first-order valence-electron chi connectivity index (χ1n) is 28.0. The fourth-order valence-electron chi connectivity index (χ4n) is 13.3. The molecule has 0 bridgehead atoms.